The highest BCUT2D eigenvalue weighted by atomic mass is 19.1. The maximum atomic E-state index is 14.4. The zero-order valence-corrected chi connectivity index (χ0v) is 13.3. The van der Waals surface area contributed by atoms with Crippen LogP contribution in [0.3, 0.4) is 0 Å². The van der Waals surface area contributed by atoms with Gasteiger partial charge in [-0.05, 0) is 65.5 Å². The first-order chi connectivity index (χ1) is 8.77. The minimum atomic E-state index is -0.129. The standard InChI is InChI=1S/C16H27FN2/c1-8-16(4,19(6)7)15(18-5)14-12(3)9-11(2)10-13(14)17/h9-10,15,18H,8H2,1-7H3. The Morgan fingerprint density at radius 1 is 1.32 bits per heavy atom. The molecule has 0 bridgehead atoms. The summed E-state index contributed by atoms with van der Waals surface area (Å²) in [7, 11) is 6.01. The van der Waals surface area contributed by atoms with E-state index in [1.807, 2.05) is 20.9 Å². The minimum Gasteiger partial charge on any atom is -0.311 e. The van der Waals surface area contributed by atoms with Crippen molar-refractivity contribution in [3.05, 3.63) is 34.6 Å². The fourth-order valence-corrected chi connectivity index (χ4v) is 2.84. The summed E-state index contributed by atoms with van der Waals surface area (Å²) < 4.78 is 14.4. The van der Waals surface area contributed by atoms with Gasteiger partial charge in [-0.2, -0.15) is 0 Å². The number of hydrogen-bond donors (Lipinski definition) is 1. The zero-order chi connectivity index (χ0) is 14.8. The Kier molecular flexibility index (Phi) is 5.11. The smallest absolute Gasteiger partial charge is 0.128 e. The summed E-state index contributed by atoms with van der Waals surface area (Å²) in [6.45, 7) is 8.24. The van der Waals surface area contributed by atoms with Gasteiger partial charge in [-0.15, -0.1) is 0 Å². The van der Waals surface area contributed by atoms with E-state index in [-0.39, 0.29) is 17.4 Å². The maximum Gasteiger partial charge on any atom is 0.128 e. The molecule has 2 atom stereocenters. The SMILES string of the molecule is CCC(C)(C(NC)c1c(C)cc(C)cc1F)N(C)C. The summed E-state index contributed by atoms with van der Waals surface area (Å²) in [5.41, 5.74) is 2.64. The summed E-state index contributed by atoms with van der Waals surface area (Å²) in [4.78, 5) is 2.17. The average molecular weight is 266 g/mol. The van der Waals surface area contributed by atoms with Crippen LogP contribution in [0.2, 0.25) is 0 Å². The van der Waals surface area contributed by atoms with Gasteiger partial charge >= 0.3 is 0 Å². The molecular formula is C16H27FN2. The molecule has 0 aliphatic carbocycles. The van der Waals surface area contributed by atoms with E-state index in [0.717, 1.165) is 23.1 Å². The van der Waals surface area contributed by atoms with Crippen LogP contribution in [-0.4, -0.2) is 31.6 Å². The number of aryl methyl sites for hydroxylation is 2. The highest BCUT2D eigenvalue weighted by Crippen LogP contribution is 2.35. The summed E-state index contributed by atoms with van der Waals surface area (Å²) in [6, 6.07) is 3.64. The Hall–Kier alpha value is -0.930. The second-order valence-corrected chi connectivity index (χ2v) is 5.80. The number of halogens is 1. The topological polar surface area (TPSA) is 15.3 Å². The van der Waals surface area contributed by atoms with Crippen LogP contribution < -0.4 is 5.32 Å². The molecule has 3 heteroatoms. The summed E-state index contributed by atoms with van der Waals surface area (Å²) >= 11 is 0. The fraction of sp³-hybridized carbons (Fsp3) is 0.625. The summed E-state index contributed by atoms with van der Waals surface area (Å²) in [5, 5.41) is 3.31. The molecule has 0 spiro atoms. The lowest BCUT2D eigenvalue weighted by atomic mass is 9.81. The van der Waals surface area contributed by atoms with Gasteiger partial charge < -0.3 is 10.2 Å². The largest absolute Gasteiger partial charge is 0.311 e. The maximum absolute atomic E-state index is 14.4. The third-order valence-electron chi connectivity index (χ3n) is 4.42. The van der Waals surface area contributed by atoms with Gasteiger partial charge in [0, 0.05) is 11.1 Å². The van der Waals surface area contributed by atoms with Crippen molar-refractivity contribution in [3.8, 4) is 0 Å². The van der Waals surface area contributed by atoms with Crippen molar-refractivity contribution in [2.75, 3.05) is 21.1 Å². The van der Waals surface area contributed by atoms with Crippen LogP contribution in [0.25, 0.3) is 0 Å². The van der Waals surface area contributed by atoms with Crippen molar-refractivity contribution < 1.29 is 4.39 Å². The molecule has 0 saturated heterocycles. The van der Waals surface area contributed by atoms with Crippen LogP contribution in [0.5, 0.6) is 0 Å². The first kappa shape index (κ1) is 16.1. The fourth-order valence-electron chi connectivity index (χ4n) is 2.84. The summed E-state index contributed by atoms with van der Waals surface area (Å²) in [6.07, 6.45) is 0.943. The Morgan fingerprint density at radius 2 is 1.89 bits per heavy atom. The molecule has 0 radical (unpaired) electrons. The molecule has 1 rings (SSSR count). The van der Waals surface area contributed by atoms with E-state index < -0.39 is 0 Å². The van der Waals surface area contributed by atoms with Gasteiger partial charge in [0.05, 0.1) is 6.04 Å². The zero-order valence-electron chi connectivity index (χ0n) is 13.3. The highest BCUT2D eigenvalue weighted by molar-refractivity contribution is 5.36. The third kappa shape index (κ3) is 2.98. The molecule has 0 fully saturated rings. The number of hydrogen-bond acceptors (Lipinski definition) is 2. The van der Waals surface area contributed by atoms with E-state index in [9.17, 15) is 4.39 Å². The number of nitrogens with one attached hydrogen (secondary N) is 1. The molecule has 0 aromatic heterocycles. The normalized spacial score (nSPS) is 16.5. The molecular weight excluding hydrogens is 239 g/mol. The molecule has 1 aromatic carbocycles. The third-order valence-corrected chi connectivity index (χ3v) is 4.42. The molecule has 0 amide bonds. The second kappa shape index (κ2) is 6.02. The Bertz CT molecular complexity index is 419. The van der Waals surface area contributed by atoms with E-state index in [1.54, 1.807) is 6.07 Å². The van der Waals surface area contributed by atoms with E-state index in [1.165, 1.54) is 0 Å². The van der Waals surface area contributed by atoms with E-state index in [2.05, 4.69) is 44.2 Å². The number of nitrogens with zero attached hydrogens (tertiary/aromatic N) is 1. The molecule has 0 saturated carbocycles. The monoisotopic (exact) mass is 266 g/mol. The Balaban J connectivity index is 3.39. The van der Waals surface area contributed by atoms with Crippen molar-refractivity contribution >= 4 is 0 Å². The second-order valence-electron chi connectivity index (χ2n) is 5.80. The van der Waals surface area contributed by atoms with Crippen molar-refractivity contribution in [1.29, 1.82) is 0 Å². The number of benzene rings is 1. The number of rotatable bonds is 5. The van der Waals surface area contributed by atoms with Crippen LogP contribution >= 0.6 is 0 Å². The first-order valence-corrected chi connectivity index (χ1v) is 6.89. The van der Waals surface area contributed by atoms with Crippen molar-refractivity contribution in [2.24, 2.45) is 0 Å². The molecule has 108 valence electrons. The van der Waals surface area contributed by atoms with Crippen LogP contribution in [0.4, 0.5) is 4.39 Å². The quantitative estimate of drug-likeness (QED) is 0.878. The van der Waals surface area contributed by atoms with Crippen molar-refractivity contribution in [2.45, 2.75) is 45.7 Å². The average Bonchev–Trinajstić information content (AvgIpc) is 2.32. The molecule has 2 nitrogen and oxygen atoms in total. The lowest BCUT2D eigenvalue weighted by molar-refractivity contribution is 0.114. The molecule has 0 aliphatic heterocycles. The van der Waals surface area contributed by atoms with Gasteiger partial charge in [-0.3, -0.25) is 0 Å². The molecule has 0 heterocycles. The van der Waals surface area contributed by atoms with Crippen LogP contribution in [-0.2, 0) is 0 Å². The first-order valence-electron chi connectivity index (χ1n) is 6.89. The Labute approximate surface area is 117 Å². The lowest BCUT2D eigenvalue weighted by Crippen LogP contribution is -2.51. The molecule has 2 unspecified atom stereocenters. The van der Waals surface area contributed by atoms with E-state index in [4.69, 9.17) is 0 Å². The molecule has 1 N–H and O–H groups in total. The van der Waals surface area contributed by atoms with Crippen molar-refractivity contribution in [1.82, 2.24) is 10.2 Å². The van der Waals surface area contributed by atoms with Gasteiger partial charge in [-0.1, -0.05) is 13.0 Å². The van der Waals surface area contributed by atoms with Gasteiger partial charge in [0.1, 0.15) is 5.82 Å². The van der Waals surface area contributed by atoms with Gasteiger partial charge in [0.15, 0.2) is 0 Å². The van der Waals surface area contributed by atoms with Gasteiger partial charge in [0.2, 0.25) is 0 Å². The van der Waals surface area contributed by atoms with Crippen molar-refractivity contribution in [3.63, 3.8) is 0 Å². The van der Waals surface area contributed by atoms with Crippen LogP contribution in [0.1, 0.15) is 43.0 Å². The molecule has 1 aromatic rings. The van der Waals surface area contributed by atoms with Crippen LogP contribution in [0.15, 0.2) is 12.1 Å². The predicted octanol–water partition coefficient (Wildman–Crippen LogP) is 3.43. The van der Waals surface area contributed by atoms with Gasteiger partial charge in [0.25, 0.3) is 0 Å². The van der Waals surface area contributed by atoms with Crippen LogP contribution in [0, 0.1) is 19.7 Å². The minimum absolute atomic E-state index is 0.0342. The molecule has 19 heavy (non-hydrogen) atoms. The lowest BCUT2D eigenvalue weighted by Gasteiger charge is -2.43. The highest BCUT2D eigenvalue weighted by Gasteiger charge is 2.37. The summed E-state index contributed by atoms with van der Waals surface area (Å²) in [5.74, 6) is -0.113. The predicted molar refractivity (Wildman–Crippen MR) is 80.1 cm³/mol. The van der Waals surface area contributed by atoms with Gasteiger partial charge in [-0.25, -0.2) is 4.39 Å². The molecule has 0 aliphatic rings. The number of likely N-dealkylation sites (N-methyl/N-ethyl adjacent to an activating group) is 2. The van der Waals surface area contributed by atoms with E-state index >= 15 is 0 Å². The van der Waals surface area contributed by atoms with E-state index in [0.29, 0.717) is 0 Å². The Morgan fingerprint density at radius 3 is 2.26 bits per heavy atom.